The summed E-state index contributed by atoms with van der Waals surface area (Å²) in [6.45, 7) is 6.11. The van der Waals surface area contributed by atoms with Gasteiger partial charge in [-0.25, -0.2) is 0 Å². The lowest BCUT2D eigenvalue weighted by Crippen LogP contribution is -2.14. The second-order valence-corrected chi connectivity index (χ2v) is 5.09. The highest BCUT2D eigenvalue weighted by molar-refractivity contribution is 5.84. The summed E-state index contributed by atoms with van der Waals surface area (Å²) >= 11 is 0. The van der Waals surface area contributed by atoms with Crippen LogP contribution < -0.4 is 5.43 Å². The van der Waals surface area contributed by atoms with E-state index in [0.29, 0.717) is 5.39 Å². The number of aryl methyl sites for hydroxylation is 2. The first-order chi connectivity index (χ1) is 9.08. The van der Waals surface area contributed by atoms with Crippen LogP contribution in [0.15, 0.2) is 16.9 Å². The van der Waals surface area contributed by atoms with Crippen molar-refractivity contribution in [2.24, 2.45) is 0 Å². The Morgan fingerprint density at radius 2 is 1.84 bits per heavy atom. The number of nitrogens with one attached hydrogen (secondary N) is 1. The van der Waals surface area contributed by atoms with E-state index in [2.05, 4.69) is 18.8 Å². The van der Waals surface area contributed by atoms with Gasteiger partial charge in [0.25, 0.3) is 0 Å². The maximum absolute atomic E-state index is 12.5. The third kappa shape index (κ3) is 2.50. The first-order valence-electron chi connectivity index (χ1n) is 6.95. The second-order valence-electron chi connectivity index (χ2n) is 5.09. The summed E-state index contributed by atoms with van der Waals surface area (Å²) in [5.41, 5.74) is 3.73. The molecule has 0 bridgehead atoms. The molecule has 0 spiro atoms. The zero-order valence-corrected chi connectivity index (χ0v) is 11.8. The lowest BCUT2D eigenvalue weighted by atomic mass is 10.0. The van der Waals surface area contributed by atoms with Gasteiger partial charge in [0.2, 0.25) is 0 Å². The Labute approximate surface area is 113 Å². The van der Waals surface area contributed by atoms with E-state index in [1.165, 1.54) is 0 Å². The summed E-state index contributed by atoms with van der Waals surface area (Å²) in [5, 5.41) is 10.4. The van der Waals surface area contributed by atoms with E-state index in [1.54, 1.807) is 12.1 Å². The zero-order valence-electron chi connectivity index (χ0n) is 11.8. The zero-order chi connectivity index (χ0) is 14.0. The van der Waals surface area contributed by atoms with Gasteiger partial charge in [0.15, 0.2) is 5.43 Å². The minimum atomic E-state index is 0.0568. The van der Waals surface area contributed by atoms with Gasteiger partial charge < -0.3 is 10.1 Å². The minimum absolute atomic E-state index is 0.0568. The Morgan fingerprint density at radius 1 is 1.16 bits per heavy atom. The van der Waals surface area contributed by atoms with Crippen molar-refractivity contribution in [2.45, 2.75) is 46.5 Å². The lowest BCUT2D eigenvalue weighted by Gasteiger charge is -2.11. The van der Waals surface area contributed by atoms with Crippen LogP contribution in [-0.4, -0.2) is 10.1 Å². The molecule has 0 radical (unpaired) electrons. The van der Waals surface area contributed by atoms with Gasteiger partial charge in [-0.15, -0.1) is 0 Å². The van der Waals surface area contributed by atoms with Crippen molar-refractivity contribution in [1.82, 2.24) is 4.98 Å². The van der Waals surface area contributed by atoms with Crippen molar-refractivity contribution in [3.63, 3.8) is 0 Å². The molecule has 102 valence electrons. The summed E-state index contributed by atoms with van der Waals surface area (Å²) in [7, 11) is 0. The van der Waals surface area contributed by atoms with E-state index in [1.807, 2.05) is 6.92 Å². The number of aromatic nitrogens is 1. The first kappa shape index (κ1) is 13.7. The van der Waals surface area contributed by atoms with Gasteiger partial charge in [0, 0.05) is 16.6 Å². The highest BCUT2D eigenvalue weighted by atomic mass is 16.3. The van der Waals surface area contributed by atoms with Crippen molar-refractivity contribution in [3.8, 4) is 5.75 Å². The number of phenolic OH excluding ortho intramolecular Hbond substituents is 1. The minimum Gasteiger partial charge on any atom is -0.508 e. The van der Waals surface area contributed by atoms with Crippen molar-refractivity contribution in [1.29, 1.82) is 0 Å². The maximum Gasteiger partial charge on any atom is 0.192 e. The summed E-state index contributed by atoms with van der Waals surface area (Å²) < 4.78 is 0. The van der Waals surface area contributed by atoms with E-state index in [-0.39, 0.29) is 11.2 Å². The van der Waals surface area contributed by atoms with Gasteiger partial charge in [-0.2, -0.15) is 0 Å². The highest BCUT2D eigenvalue weighted by Crippen LogP contribution is 2.23. The SMILES string of the molecule is CCCc1c(C)[nH]c2c(CCC)cc(O)cc2c1=O. The number of phenols is 1. The number of hydrogen-bond donors (Lipinski definition) is 2. The number of fused-ring (bicyclic) bond motifs is 1. The summed E-state index contributed by atoms with van der Waals surface area (Å²) in [4.78, 5) is 15.9. The normalized spacial score (nSPS) is 11.1. The fourth-order valence-electron chi connectivity index (χ4n) is 2.63. The number of pyridine rings is 1. The lowest BCUT2D eigenvalue weighted by molar-refractivity contribution is 0.475. The molecule has 0 aliphatic rings. The van der Waals surface area contributed by atoms with Crippen molar-refractivity contribution < 1.29 is 5.11 Å². The van der Waals surface area contributed by atoms with Gasteiger partial charge in [0.1, 0.15) is 5.75 Å². The van der Waals surface area contributed by atoms with E-state index < -0.39 is 0 Å². The Kier molecular flexibility index (Phi) is 3.93. The molecule has 2 N–H and O–H groups in total. The van der Waals surface area contributed by atoms with Crippen LogP contribution in [-0.2, 0) is 12.8 Å². The molecule has 2 aromatic rings. The summed E-state index contributed by atoms with van der Waals surface area (Å²) in [5.74, 6) is 0.174. The Hall–Kier alpha value is -1.77. The van der Waals surface area contributed by atoms with E-state index in [4.69, 9.17) is 0 Å². The third-order valence-electron chi connectivity index (χ3n) is 3.51. The highest BCUT2D eigenvalue weighted by Gasteiger charge is 2.12. The number of benzene rings is 1. The maximum atomic E-state index is 12.5. The molecule has 3 heteroatoms. The molecule has 0 aliphatic carbocycles. The number of aromatic amines is 1. The van der Waals surface area contributed by atoms with Crippen molar-refractivity contribution in [2.75, 3.05) is 0 Å². The molecule has 0 amide bonds. The molecule has 0 fully saturated rings. The molecule has 1 aromatic heterocycles. The topological polar surface area (TPSA) is 53.1 Å². The first-order valence-corrected chi connectivity index (χ1v) is 6.95. The standard InChI is InChI=1S/C16H21NO2/c1-4-6-11-8-12(18)9-14-15(11)17-10(3)13(7-5-2)16(14)19/h8-9,18H,4-7H2,1-3H3,(H,17,19). The number of H-pyrrole nitrogens is 1. The quantitative estimate of drug-likeness (QED) is 0.883. The predicted molar refractivity (Wildman–Crippen MR) is 79.0 cm³/mol. The Bertz CT molecular complexity index is 656. The van der Waals surface area contributed by atoms with Crippen LogP contribution in [0.1, 0.15) is 43.5 Å². The van der Waals surface area contributed by atoms with Gasteiger partial charge in [-0.05, 0) is 37.5 Å². The molecule has 0 saturated heterocycles. The Morgan fingerprint density at radius 3 is 2.47 bits per heavy atom. The predicted octanol–water partition coefficient (Wildman–Crippen LogP) is 3.45. The monoisotopic (exact) mass is 259 g/mol. The number of rotatable bonds is 4. The molecule has 0 unspecified atom stereocenters. The van der Waals surface area contributed by atoms with Crippen molar-refractivity contribution in [3.05, 3.63) is 39.2 Å². The van der Waals surface area contributed by atoms with Gasteiger partial charge in [0.05, 0.1) is 5.52 Å². The average molecular weight is 259 g/mol. The van der Waals surface area contributed by atoms with Crippen LogP contribution >= 0.6 is 0 Å². The van der Waals surface area contributed by atoms with E-state index in [9.17, 15) is 9.90 Å². The smallest absolute Gasteiger partial charge is 0.192 e. The average Bonchev–Trinajstić information content (AvgIpc) is 2.36. The molecule has 19 heavy (non-hydrogen) atoms. The fourth-order valence-corrected chi connectivity index (χ4v) is 2.63. The van der Waals surface area contributed by atoms with Crippen LogP contribution in [0.4, 0.5) is 0 Å². The molecule has 2 rings (SSSR count). The van der Waals surface area contributed by atoms with Crippen molar-refractivity contribution >= 4 is 10.9 Å². The molecular formula is C16H21NO2. The van der Waals surface area contributed by atoms with E-state index in [0.717, 1.165) is 48.0 Å². The van der Waals surface area contributed by atoms with Crippen LogP contribution in [0, 0.1) is 6.92 Å². The third-order valence-corrected chi connectivity index (χ3v) is 3.51. The fraction of sp³-hybridized carbons (Fsp3) is 0.438. The largest absolute Gasteiger partial charge is 0.508 e. The summed E-state index contributed by atoms with van der Waals surface area (Å²) in [6.07, 6.45) is 3.55. The van der Waals surface area contributed by atoms with Crippen LogP contribution in [0.5, 0.6) is 5.75 Å². The van der Waals surface area contributed by atoms with Crippen LogP contribution in [0.3, 0.4) is 0 Å². The molecule has 0 atom stereocenters. The molecule has 3 nitrogen and oxygen atoms in total. The molecular weight excluding hydrogens is 238 g/mol. The van der Waals surface area contributed by atoms with Crippen LogP contribution in [0.25, 0.3) is 10.9 Å². The van der Waals surface area contributed by atoms with E-state index >= 15 is 0 Å². The number of hydrogen-bond acceptors (Lipinski definition) is 2. The van der Waals surface area contributed by atoms with Gasteiger partial charge in [-0.1, -0.05) is 26.7 Å². The Balaban J connectivity index is 2.79. The van der Waals surface area contributed by atoms with Crippen LogP contribution in [0.2, 0.25) is 0 Å². The molecule has 0 aliphatic heterocycles. The molecule has 1 aromatic carbocycles. The van der Waals surface area contributed by atoms with Gasteiger partial charge >= 0.3 is 0 Å². The molecule has 0 saturated carbocycles. The van der Waals surface area contributed by atoms with Gasteiger partial charge in [-0.3, -0.25) is 4.79 Å². The summed E-state index contributed by atoms with van der Waals surface area (Å²) in [6, 6.07) is 3.33. The molecule has 1 heterocycles. The second kappa shape index (κ2) is 5.47. The number of aromatic hydroxyl groups is 1.